The summed E-state index contributed by atoms with van der Waals surface area (Å²) in [4.78, 5) is 36.1. The van der Waals surface area contributed by atoms with Gasteiger partial charge in [0.15, 0.2) is 0 Å². The van der Waals surface area contributed by atoms with Gasteiger partial charge in [-0.15, -0.1) is 11.8 Å². The number of nitrogens with zero attached hydrogens (tertiary/aromatic N) is 1. The molecule has 2 fully saturated rings. The van der Waals surface area contributed by atoms with Crippen molar-refractivity contribution in [1.82, 2.24) is 10.2 Å². The van der Waals surface area contributed by atoms with E-state index in [1.807, 2.05) is 6.92 Å². The Bertz CT molecular complexity index is 387. The lowest BCUT2D eigenvalue weighted by Gasteiger charge is -2.28. The van der Waals surface area contributed by atoms with Crippen LogP contribution in [-0.4, -0.2) is 51.5 Å². The molecule has 0 aromatic rings. The molecule has 2 aliphatic rings. The largest absolute Gasteiger partial charge is 0.480 e. The molecule has 7 heteroatoms. The van der Waals surface area contributed by atoms with Gasteiger partial charge in [0.25, 0.3) is 0 Å². The summed E-state index contributed by atoms with van der Waals surface area (Å²) in [6.45, 7) is 2.25. The lowest BCUT2D eigenvalue weighted by Crippen LogP contribution is -2.48. The molecule has 2 N–H and O–H groups in total. The first-order valence-electron chi connectivity index (χ1n) is 5.97. The number of rotatable bonds is 3. The van der Waals surface area contributed by atoms with E-state index in [2.05, 4.69) is 5.32 Å². The van der Waals surface area contributed by atoms with Crippen molar-refractivity contribution < 1.29 is 19.5 Å². The quantitative estimate of drug-likeness (QED) is 0.748. The van der Waals surface area contributed by atoms with Gasteiger partial charge in [0.1, 0.15) is 6.04 Å². The van der Waals surface area contributed by atoms with Crippen LogP contribution in [0.3, 0.4) is 0 Å². The number of carboxylic acids is 1. The number of carbonyl (C=O) groups is 3. The van der Waals surface area contributed by atoms with E-state index in [9.17, 15) is 14.4 Å². The zero-order chi connectivity index (χ0) is 13.3. The Labute approximate surface area is 109 Å². The Balaban J connectivity index is 2.14. The minimum atomic E-state index is -0.968. The van der Waals surface area contributed by atoms with E-state index in [-0.39, 0.29) is 23.6 Å². The van der Waals surface area contributed by atoms with Gasteiger partial charge < -0.3 is 15.3 Å². The SMILES string of the molecule is CCC1SCC(C(=O)O)N1C(=O)C1CNC(=O)C1. The molecule has 0 aromatic carbocycles. The number of thioether (sulfide) groups is 1. The normalized spacial score (nSPS) is 31.5. The molecule has 0 aliphatic carbocycles. The molecule has 0 saturated carbocycles. The van der Waals surface area contributed by atoms with Crippen molar-refractivity contribution in [1.29, 1.82) is 0 Å². The Morgan fingerprint density at radius 3 is 2.78 bits per heavy atom. The summed E-state index contributed by atoms with van der Waals surface area (Å²) in [7, 11) is 0. The van der Waals surface area contributed by atoms with Gasteiger partial charge in [-0.3, -0.25) is 9.59 Å². The van der Waals surface area contributed by atoms with Gasteiger partial charge in [-0.1, -0.05) is 6.92 Å². The Morgan fingerprint density at radius 2 is 2.28 bits per heavy atom. The fourth-order valence-corrected chi connectivity index (χ4v) is 3.71. The Hall–Kier alpha value is -1.24. The maximum atomic E-state index is 12.3. The molecule has 3 atom stereocenters. The van der Waals surface area contributed by atoms with Crippen LogP contribution >= 0.6 is 11.8 Å². The van der Waals surface area contributed by atoms with Crippen LogP contribution in [0.2, 0.25) is 0 Å². The van der Waals surface area contributed by atoms with E-state index in [0.717, 1.165) is 0 Å². The number of aliphatic carboxylic acids is 1. The molecule has 2 amide bonds. The van der Waals surface area contributed by atoms with Gasteiger partial charge >= 0.3 is 5.97 Å². The maximum absolute atomic E-state index is 12.3. The first kappa shape index (κ1) is 13.2. The Kier molecular flexibility index (Phi) is 3.79. The smallest absolute Gasteiger partial charge is 0.327 e. The highest BCUT2D eigenvalue weighted by molar-refractivity contribution is 8.00. The highest BCUT2D eigenvalue weighted by Crippen LogP contribution is 2.33. The maximum Gasteiger partial charge on any atom is 0.327 e. The summed E-state index contributed by atoms with van der Waals surface area (Å²) < 4.78 is 0. The molecule has 2 saturated heterocycles. The second kappa shape index (κ2) is 5.17. The van der Waals surface area contributed by atoms with Gasteiger partial charge in [-0.25, -0.2) is 4.79 Å². The molecule has 2 aliphatic heterocycles. The van der Waals surface area contributed by atoms with Gasteiger partial charge in [-0.2, -0.15) is 0 Å². The fraction of sp³-hybridized carbons (Fsp3) is 0.727. The highest BCUT2D eigenvalue weighted by atomic mass is 32.2. The van der Waals surface area contributed by atoms with Crippen molar-refractivity contribution in [3.05, 3.63) is 0 Å². The summed E-state index contributed by atoms with van der Waals surface area (Å²) >= 11 is 1.49. The molecule has 0 aromatic heterocycles. The van der Waals surface area contributed by atoms with Gasteiger partial charge in [0.05, 0.1) is 11.3 Å². The van der Waals surface area contributed by atoms with Gasteiger partial charge in [0.2, 0.25) is 11.8 Å². The monoisotopic (exact) mass is 272 g/mol. The first-order chi connectivity index (χ1) is 8.54. The summed E-state index contributed by atoms with van der Waals surface area (Å²) in [6.07, 6.45) is 0.886. The molecule has 3 unspecified atom stereocenters. The van der Waals surface area contributed by atoms with Crippen molar-refractivity contribution in [2.24, 2.45) is 5.92 Å². The van der Waals surface area contributed by atoms with Crippen LogP contribution in [0.25, 0.3) is 0 Å². The van der Waals surface area contributed by atoms with E-state index < -0.39 is 17.9 Å². The number of nitrogens with one attached hydrogen (secondary N) is 1. The number of hydrogen-bond acceptors (Lipinski definition) is 4. The van der Waals surface area contributed by atoms with E-state index in [4.69, 9.17) is 5.11 Å². The zero-order valence-electron chi connectivity index (χ0n) is 10.1. The molecule has 2 rings (SSSR count). The number of carboxylic acid groups (broad SMARTS) is 1. The fourth-order valence-electron chi connectivity index (χ4n) is 2.35. The molecular weight excluding hydrogens is 256 g/mol. The topological polar surface area (TPSA) is 86.7 Å². The first-order valence-corrected chi connectivity index (χ1v) is 7.02. The van der Waals surface area contributed by atoms with Crippen LogP contribution in [0, 0.1) is 5.92 Å². The average Bonchev–Trinajstić information content (AvgIpc) is 2.93. The highest BCUT2D eigenvalue weighted by Gasteiger charge is 2.44. The molecule has 100 valence electrons. The summed E-state index contributed by atoms with van der Waals surface area (Å²) in [5, 5.41) is 11.7. The van der Waals surface area contributed by atoms with Crippen molar-refractivity contribution in [2.45, 2.75) is 31.2 Å². The molecule has 2 heterocycles. The van der Waals surface area contributed by atoms with Gasteiger partial charge in [-0.05, 0) is 6.42 Å². The van der Waals surface area contributed by atoms with Gasteiger partial charge in [0, 0.05) is 18.7 Å². The molecule has 0 bridgehead atoms. The summed E-state index contributed by atoms with van der Waals surface area (Å²) in [5.74, 6) is -1.30. The second-order valence-electron chi connectivity index (χ2n) is 4.50. The third-order valence-corrected chi connectivity index (χ3v) is 4.76. The third-order valence-electron chi connectivity index (χ3n) is 3.31. The van der Waals surface area contributed by atoms with Crippen molar-refractivity contribution in [3.63, 3.8) is 0 Å². The number of hydrogen-bond donors (Lipinski definition) is 2. The predicted octanol–water partition coefficient (Wildman–Crippen LogP) is -0.113. The van der Waals surface area contributed by atoms with E-state index >= 15 is 0 Å². The van der Waals surface area contributed by atoms with Crippen LogP contribution < -0.4 is 5.32 Å². The molecule has 6 nitrogen and oxygen atoms in total. The second-order valence-corrected chi connectivity index (χ2v) is 5.71. The van der Waals surface area contributed by atoms with E-state index in [1.165, 1.54) is 16.7 Å². The molecule has 0 spiro atoms. The minimum Gasteiger partial charge on any atom is -0.480 e. The molecular formula is C11H16N2O4S. The average molecular weight is 272 g/mol. The van der Waals surface area contributed by atoms with Crippen molar-refractivity contribution in [3.8, 4) is 0 Å². The van der Waals surface area contributed by atoms with E-state index in [1.54, 1.807) is 0 Å². The minimum absolute atomic E-state index is 0.0886. The van der Waals surface area contributed by atoms with Crippen LogP contribution in [-0.2, 0) is 14.4 Å². The Morgan fingerprint density at radius 1 is 1.56 bits per heavy atom. The summed E-state index contributed by atoms with van der Waals surface area (Å²) in [5.41, 5.74) is 0. The van der Waals surface area contributed by atoms with E-state index in [0.29, 0.717) is 18.7 Å². The van der Waals surface area contributed by atoms with Crippen LogP contribution in [0.5, 0.6) is 0 Å². The third kappa shape index (κ3) is 2.31. The standard InChI is InChI=1S/C11H16N2O4S/c1-2-9-13(7(5-18-9)11(16)17)10(15)6-3-8(14)12-4-6/h6-7,9H,2-5H2,1H3,(H,12,14)(H,16,17). The van der Waals surface area contributed by atoms with Crippen molar-refractivity contribution in [2.75, 3.05) is 12.3 Å². The van der Waals surface area contributed by atoms with Crippen molar-refractivity contribution >= 4 is 29.5 Å². The summed E-state index contributed by atoms with van der Waals surface area (Å²) in [6, 6.07) is -0.761. The molecule has 0 radical (unpaired) electrons. The lowest BCUT2D eigenvalue weighted by molar-refractivity contribution is -0.150. The zero-order valence-corrected chi connectivity index (χ0v) is 10.9. The molecule has 18 heavy (non-hydrogen) atoms. The predicted molar refractivity (Wildman–Crippen MR) is 65.9 cm³/mol. The van der Waals surface area contributed by atoms with Crippen LogP contribution in [0.15, 0.2) is 0 Å². The number of carbonyl (C=O) groups excluding carboxylic acids is 2. The van der Waals surface area contributed by atoms with Crippen LogP contribution in [0.1, 0.15) is 19.8 Å². The van der Waals surface area contributed by atoms with Crippen LogP contribution in [0.4, 0.5) is 0 Å². The lowest BCUT2D eigenvalue weighted by atomic mass is 10.1. The number of amides is 2.